The predicted molar refractivity (Wildman–Crippen MR) is 127 cm³/mol. The number of thiazole rings is 1. The highest BCUT2D eigenvalue weighted by atomic mass is 32.1. The van der Waals surface area contributed by atoms with Gasteiger partial charge in [-0.05, 0) is 49.2 Å². The fraction of sp³-hybridized carbons (Fsp3) is 0.292. The van der Waals surface area contributed by atoms with Crippen LogP contribution in [-0.2, 0) is 11.3 Å². The van der Waals surface area contributed by atoms with Crippen molar-refractivity contribution in [3.8, 4) is 5.69 Å². The Hall–Kier alpha value is -3.23. The van der Waals surface area contributed by atoms with Crippen molar-refractivity contribution in [1.29, 1.82) is 0 Å². The highest BCUT2D eigenvalue weighted by Crippen LogP contribution is 2.24. The second kappa shape index (κ2) is 8.72. The Morgan fingerprint density at radius 2 is 1.97 bits per heavy atom. The van der Waals surface area contributed by atoms with Gasteiger partial charge in [-0.15, -0.1) is 11.3 Å². The van der Waals surface area contributed by atoms with E-state index >= 15 is 0 Å². The number of hydrogen-bond acceptors (Lipinski definition) is 6. The number of benzene rings is 2. The van der Waals surface area contributed by atoms with Crippen LogP contribution >= 0.6 is 11.3 Å². The average Bonchev–Trinajstić information content (AvgIpc) is 3.46. The van der Waals surface area contributed by atoms with Gasteiger partial charge in [-0.1, -0.05) is 12.1 Å². The first kappa shape index (κ1) is 20.7. The molecule has 3 heterocycles. The molecule has 0 aliphatic carbocycles. The molecule has 0 unspecified atom stereocenters. The van der Waals surface area contributed by atoms with E-state index in [2.05, 4.69) is 56.8 Å². The predicted octanol–water partition coefficient (Wildman–Crippen LogP) is 3.87. The number of ether oxygens (including phenoxy) is 1. The summed E-state index contributed by atoms with van der Waals surface area (Å²) in [5, 5.41) is 3.99. The van der Waals surface area contributed by atoms with Gasteiger partial charge >= 0.3 is 0 Å². The summed E-state index contributed by atoms with van der Waals surface area (Å²) in [6.07, 6.45) is 3.66. The fourth-order valence-electron chi connectivity index (χ4n) is 3.87. The molecule has 8 heteroatoms. The first-order chi connectivity index (χ1) is 15.6. The maximum atomic E-state index is 12.8. The lowest BCUT2D eigenvalue weighted by Crippen LogP contribution is -2.36. The second-order valence-corrected chi connectivity index (χ2v) is 9.09. The fourth-order valence-corrected chi connectivity index (χ4v) is 4.78. The molecule has 5 rings (SSSR count). The minimum atomic E-state index is -0.116. The maximum Gasteiger partial charge on any atom is 0.251 e. The lowest BCUT2D eigenvalue weighted by atomic mass is 10.1. The van der Waals surface area contributed by atoms with Crippen molar-refractivity contribution in [3.05, 3.63) is 70.5 Å². The van der Waals surface area contributed by atoms with E-state index in [-0.39, 0.29) is 5.91 Å². The summed E-state index contributed by atoms with van der Waals surface area (Å²) in [7, 11) is 0. The Labute approximate surface area is 190 Å². The molecule has 0 bridgehead atoms. The second-order valence-electron chi connectivity index (χ2n) is 8.00. The van der Waals surface area contributed by atoms with E-state index in [1.807, 2.05) is 30.7 Å². The number of anilines is 1. The van der Waals surface area contributed by atoms with Crippen molar-refractivity contribution < 1.29 is 9.53 Å². The van der Waals surface area contributed by atoms with Crippen LogP contribution in [0.15, 0.2) is 48.9 Å². The summed E-state index contributed by atoms with van der Waals surface area (Å²) >= 11 is 1.61. The van der Waals surface area contributed by atoms with Gasteiger partial charge in [-0.2, -0.15) is 0 Å². The summed E-state index contributed by atoms with van der Waals surface area (Å²) < 4.78 is 7.47. The molecule has 1 amide bonds. The van der Waals surface area contributed by atoms with Crippen molar-refractivity contribution in [2.75, 3.05) is 31.2 Å². The van der Waals surface area contributed by atoms with E-state index in [4.69, 9.17) is 4.74 Å². The number of nitrogens with one attached hydrogen (secondary N) is 1. The molecule has 2 aromatic heterocycles. The molecule has 1 aliphatic rings. The number of aryl methyl sites for hydroxylation is 2. The van der Waals surface area contributed by atoms with E-state index in [9.17, 15) is 4.79 Å². The van der Waals surface area contributed by atoms with Crippen LogP contribution in [0.2, 0.25) is 0 Å². The Kier molecular flexibility index (Phi) is 5.63. The number of carbonyl (C=O) groups is 1. The number of hydrogen-bond donors (Lipinski definition) is 1. The minimum absolute atomic E-state index is 0.116. The molecule has 1 fully saturated rings. The third-order valence-electron chi connectivity index (χ3n) is 5.68. The Morgan fingerprint density at radius 3 is 2.81 bits per heavy atom. The summed E-state index contributed by atoms with van der Waals surface area (Å²) in [4.78, 5) is 25.0. The van der Waals surface area contributed by atoms with E-state index in [0.29, 0.717) is 12.1 Å². The lowest BCUT2D eigenvalue weighted by molar-refractivity contribution is 0.0951. The van der Waals surface area contributed by atoms with E-state index in [0.717, 1.165) is 53.0 Å². The third-order valence-corrected chi connectivity index (χ3v) is 6.74. The quantitative estimate of drug-likeness (QED) is 0.503. The van der Waals surface area contributed by atoms with Crippen molar-refractivity contribution in [3.63, 3.8) is 0 Å². The van der Waals surface area contributed by atoms with Crippen LogP contribution in [0.3, 0.4) is 0 Å². The molecular weight excluding hydrogens is 422 g/mol. The number of morpholine rings is 1. The third kappa shape index (κ3) is 4.11. The van der Waals surface area contributed by atoms with Crippen LogP contribution < -0.4 is 10.2 Å². The van der Waals surface area contributed by atoms with Gasteiger partial charge in [-0.3, -0.25) is 9.36 Å². The van der Waals surface area contributed by atoms with Crippen molar-refractivity contribution in [2.24, 2.45) is 0 Å². The zero-order valence-electron chi connectivity index (χ0n) is 18.2. The molecule has 0 radical (unpaired) electrons. The first-order valence-electron chi connectivity index (χ1n) is 10.7. The standard InChI is InChI=1S/C24H25N5O2S/c1-16-3-4-17(2)22(11-16)29-15-27-20-12-18(5-6-21(20)29)23(30)25-13-19-14-26-24(32-19)28-7-9-31-10-8-28/h3-6,11-12,14-15H,7-10,13H2,1-2H3,(H,25,30). The normalized spacial score (nSPS) is 14.1. The Bertz CT molecular complexity index is 1270. The molecule has 164 valence electrons. The van der Waals surface area contributed by atoms with Gasteiger partial charge in [0.15, 0.2) is 5.13 Å². The smallest absolute Gasteiger partial charge is 0.251 e. The highest BCUT2D eigenvalue weighted by molar-refractivity contribution is 7.15. The number of amides is 1. The van der Waals surface area contributed by atoms with Crippen molar-refractivity contribution in [2.45, 2.75) is 20.4 Å². The van der Waals surface area contributed by atoms with E-state index in [1.54, 1.807) is 11.3 Å². The number of imidazole rings is 1. The molecule has 1 saturated heterocycles. The van der Waals surface area contributed by atoms with Gasteiger partial charge < -0.3 is 15.0 Å². The SMILES string of the molecule is Cc1ccc(C)c(-n2cnc3cc(C(=O)NCc4cnc(N5CCOCC5)s4)ccc32)c1. The Balaban J connectivity index is 1.29. The van der Waals surface area contributed by atoms with Crippen LogP contribution in [0.5, 0.6) is 0 Å². The van der Waals surface area contributed by atoms with Gasteiger partial charge in [0.2, 0.25) is 0 Å². The molecule has 32 heavy (non-hydrogen) atoms. The monoisotopic (exact) mass is 447 g/mol. The van der Waals surface area contributed by atoms with Crippen LogP contribution in [-0.4, -0.2) is 46.7 Å². The van der Waals surface area contributed by atoms with Crippen molar-refractivity contribution >= 4 is 33.4 Å². The summed E-state index contributed by atoms with van der Waals surface area (Å²) in [5.74, 6) is -0.116. The summed E-state index contributed by atoms with van der Waals surface area (Å²) in [6, 6.07) is 12.0. The minimum Gasteiger partial charge on any atom is -0.378 e. The van der Waals surface area contributed by atoms with Crippen LogP contribution in [0.4, 0.5) is 5.13 Å². The van der Waals surface area contributed by atoms with Crippen LogP contribution in [0.25, 0.3) is 16.7 Å². The van der Waals surface area contributed by atoms with E-state index in [1.165, 1.54) is 11.1 Å². The van der Waals surface area contributed by atoms with Crippen LogP contribution in [0, 0.1) is 13.8 Å². The number of fused-ring (bicyclic) bond motifs is 1. The Morgan fingerprint density at radius 1 is 1.12 bits per heavy atom. The van der Waals surface area contributed by atoms with Gasteiger partial charge in [0, 0.05) is 29.7 Å². The van der Waals surface area contributed by atoms with E-state index < -0.39 is 0 Å². The number of carbonyl (C=O) groups excluding carboxylic acids is 1. The van der Waals surface area contributed by atoms with Crippen molar-refractivity contribution in [1.82, 2.24) is 19.9 Å². The van der Waals surface area contributed by atoms with Crippen LogP contribution in [0.1, 0.15) is 26.4 Å². The number of nitrogens with zero attached hydrogens (tertiary/aromatic N) is 4. The molecule has 1 N–H and O–H groups in total. The topological polar surface area (TPSA) is 72.3 Å². The summed E-state index contributed by atoms with van der Waals surface area (Å²) in [6.45, 7) is 7.79. The van der Waals surface area contributed by atoms with Gasteiger partial charge in [-0.25, -0.2) is 9.97 Å². The molecule has 2 aromatic carbocycles. The molecular formula is C24H25N5O2S. The highest BCUT2D eigenvalue weighted by Gasteiger charge is 2.16. The average molecular weight is 448 g/mol. The number of rotatable bonds is 5. The van der Waals surface area contributed by atoms with Gasteiger partial charge in [0.1, 0.15) is 6.33 Å². The van der Waals surface area contributed by atoms with Gasteiger partial charge in [0.25, 0.3) is 5.91 Å². The molecule has 0 spiro atoms. The number of aromatic nitrogens is 3. The van der Waals surface area contributed by atoms with Gasteiger partial charge in [0.05, 0.1) is 36.5 Å². The molecule has 7 nitrogen and oxygen atoms in total. The maximum absolute atomic E-state index is 12.8. The largest absolute Gasteiger partial charge is 0.378 e. The molecule has 1 aliphatic heterocycles. The zero-order valence-corrected chi connectivity index (χ0v) is 19.0. The lowest BCUT2D eigenvalue weighted by Gasteiger charge is -2.25. The summed E-state index contributed by atoms with van der Waals surface area (Å²) in [5.41, 5.74) is 5.85. The molecule has 4 aromatic rings. The zero-order chi connectivity index (χ0) is 22.1. The molecule has 0 saturated carbocycles. The first-order valence-corrected chi connectivity index (χ1v) is 11.5. The molecule has 0 atom stereocenters.